The van der Waals surface area contributed by atoms with Crippen molar-refractivity contribution in [1.82, 2.24) is 9.97 Å². The summed E-state index contributed by atoms with van der Waals surface area (Å²) in [7, 11) is 0. The van der Waals surface area contributed by atoms with Crippen molar-refractivity contribution in [2.24, 2.45) is 0 Å². The molecule has 17 heavy (non-hydrogen) atoms. The lowest BCUT2D eigenvalue weighted by Crippen LogP contribution is -2.00. The van der Waals surface area contributed by atoms with E-state index in [2.05, 4.69) is 15.3 Å². The average molecular weight is 268 g/mol. The molecule has 5 heteroatoms. The number of hydrogen-bond acceptors (Lipinski definition) is 3. The van der Waals surface area contributed by atoms with Crippen molar-refractivity contribution in [3.05, 3.63) is 40.5 Å². The van der Waals surface area contributed by atoms with Gasteiger partial charge in [0.05, 0.1) is 10.0 Å². The number of anilines is 1. The van der Waals surface area contributed by atoms with E-state index >= 15 is 0 Å². The highest BCUT2D eigenvalue weighted by atomic mass is 35.5. The molecule has 0 aliphatic rings. The number of nitrogens with zero attached hydrogens (tertiary/aromatic N) is 2. The van der Waals surface area contributed by atoms with Crippen LogP contribution in [-0.2, 0) is 0 Å². The van der Waals surface area contributed by atoms with Gasteiger partial charge in [-0.15, -0.1) is 0 Å². The number of halogens is 2. The predicted octanol–water partition coefficient (Wildman–Crippen LogP) is 3.88. The lowest BCUT2D eigenvalue weighted by Gasteiger charge is -2.05. The van der Waals surface area contributed by atoms with Gasteiger partial charge in [0.1, 0.15) is 5.82 Å². The monoisotopic (exact) mass is 267 g/mol. The van der Waals surface area contributed by atoms with Crippen LogP contribution in [0.2, 0.25) is 10.0 Å². The van der Waals surface area contributed by atoms with E-state index in [1.54, 1.807) is 18.3 Å². The molecular weight excluding hydrogens is 257 g/mol. The van der Waals surface area contributed by atoms with Crippen molar-refractivity contribution < 1.29 is 0 Å². The zero-order chi connectivity index (χ0) is 12.3. The van der Waals surface area contributed by atoms with Crippen molar-refractivity contribution in [3.63, 3.8) is 0 Å². The molecular formula is C12H11Cl2N3. The highest BCUT2D eigenvalue weighted by Crippen LogP contribution is 2.26. The summed E-state index contributed by atoms with van der Waals surface area (Å²) in [6.07, 6.45) is 1.71. The molecule has 0 bridgehead atoms. The Morgan fingerprint density at radius 3 is 2.71 bits per heavy atom. The number of hydrogen-bond donors (Lipinski definition) is 1. The van der Waals surface area contributed by atoms with Crippen LogP contribution in [0.25, 0.3) is 11.4 Å². The van der Waals surface area contributed by atoms with Crippen LogP contribution in [0.15, 0.2) is 30.5 Å². The fourth-order valence-electron chi connectivity index (χ4n) is 1.41. The fourth-order valence-corrected chi connectivity index (χ4v) is 1.71. The molecule has 0 unspecified atom stereocenters. The molecule has 0 atom stereocenters. The first-order chi connectivity index (χ1) is 8.20. The van der Waals surface area contributed by atoms with Crippen LogP contribution >= 0.6 is 23.2 Å². The third-order valence-corrected chi connectivity index (χ3v) is 2.93. The Morgan fingerprint density at radius 1 is 1.18 bits per heavy atom. The molecule has 0 saturated carbocycles. The van der Waals surface area contributed by atoms with E-state index in [-0.39, 0.29) is 0 Å². The fraction of sp³-hybridized carbons (Fsp3) is 0.167. The van der Waals surface area contributed by atoms with Crippen molar-refractivity contribution in [1.29, 1.82) is 0 Å². The average Bonchev–Trinajstić information content (AvgIpc) is 2.33. The van der Waals surface area contributed by atoms with Gasteiger partial charge < -0.3 is 5.32 Å². The van der Waals surface area contributed by atoms with Crippen molar-refractivity contribution in [2.45, 2.75) is 6.92 Å². The van der Waals surface area contributed by atoms with Gasteiger partial charge in [-0.25, -0.2) is 9.97 Å². The van der Waals surface area contributed by atoms with Gasteiger partial charge in [-0.05, 0) is 31.2 Å². The van der Waals surface area contributed by atoms with Crippen molar-refractivity contribution >= 4 is 29.0 Å². The molecule has 0 saturated heterocycles. The molecule has 1 aromatic heterocycles. The van der Waals surface area contributed by atoms with Crippen LogP contribution in [-0.4, -0.2) is 16.5 Å². The molecule has 88 valence electrons. The van der Waals surface area contributed by atoms with Crippen LogP contribution < -0.4 is 5.32 Å². The summed E-state index contributed by atoms with van der Waals surface area (Å²) in [5.74, 6) is 1.42. The van der Waals surface area contributed by atoms with Gasteiger partial charge in [0, 0.05) is 18.3 Å². The second-order valence-electron chi connectivity index (χ2n) is 3.42. The summed E-state index contributed by atoms with van der Waals surface area (Å²) in [5, 5.41) is 4.16. The number of rotatable bonds is 3. The zero-order valence-electron chi connectivity index (χ0n) is 9.24. The van der Waals surface area contributed by atoms with Gasteiger partial charge in [0.2, 0.25) is 0 Å². The Hall–Kier alpha value is -1.32. The minimum absolute atomic E-state index is 0.502. The Kier molecular flexibility index (Phi) is 3.82. The summed E-state index contributed by atoms with van der Waals surface area (Å²) >= 11 is 11.8. The summed E-state index contributed by atoms with van der Waals surface area (Å²) in [4.78, 5) is 8.59. The molecule has 2 aromatic rings. The Balaban J connectivity index is 2.38. The van der Waals surface area contributed by atoms with Gasteiger partial charge in [-0.3, -0.25) is 0 Å². The molecule has 0 fully saturated rings. The molecule has 0 spiro atoms. The molecule has 0 amide bonds. The molecule has 0 aliphatic heterocycles. The van der Waals surface area contributed by atoms with Gasteiger partial charge in [-0.2, -0.15) is 0 Å². The van der Waals surface area contributed by atoms with E-state index < -0.39 is 0 Å². The molecule has 1 aromatic carbocycles. The Bertz CT molecular complexity index is 529. The third-order valence-electron chi connectivity index (χ3n) is 2.19. The first kappa shape index (κ1) is 12.1. The Morgan fingerprint density at radius 2 is 2.00 bits per heavy atom. The van der Waals surface area contributed by atoms with E-state index in [0.29, 0.717) is 15.9 Å². The van der Waals surface area contributed by atoms with E-state index in [1.165, 1.54) is 0 Å². The van der Waals surface area contributed by atoms with Crippen LogP contribution in [0, 0.1) is 0 Å². The molecule has 1 N–H and O–H groups in total. The van der Waals surface area contributed by atoms with Crippen LogP contribution in [0.3, 0.4) is 0 Å². The second kappa shape index (κ2) is 5.34. The minimum Gasteiger partial charge on any atom is -0.370 e. The van der Waals surface area contributed by atoms with E-state index in [1.807, 2.05) is 19.1 Å². The first-order valence-corrected chi connectivity index (χ1v) is 5.98. The first-order valence-electron chi connectivity index (χ1n) is 5.23. The lowest BCUT2D eigenvalue weighted by atomic mass is 10.2. The van der Waals surface area contributed by atoms with Gasteiger partial charge in [-0.1, -0.05) is 23.2 Å². The van der Waals surface area contributed by atoms with Crippen LogP contribution in [0.4, 0.5) is 5.82 Å². The zero-order valence-corrected chi connectivity index (χ0v) is 10.8. The summed E-state index contributed by atoms with van der Waals surface area (Å²) in [6.45, 7) is 2.83. The maximum Gasteiger partial charge on any atom is 0.161 e. The standard InChI is InChI=1S/C12H11Cl2N3/c1-2-15-11-5-6-16-12(17-11)8-3-4-9(13)10(14)7-8/h3-7H,2H2,1H3,(H,15,16,17). The van der Waals surface area contributed by atoms with Crippen molar-refractivity contribution in [3.8, 4) is 11.4 Å². The van der Waals surface area contributed by atoms with Gasteiger partial charge in [0.25, 0.3) is 0 Å². The highest BCUT2D eigenvalue weighted by Gasteiger charge is 2.05. The molecule has 0 aliphatic carbocycles. The minimum atomic E-state index is 0.502. The largest absolute Gasteiger partial charge is 0.370 e. The second-order valence-corrected chi connectivity index (χ2v) is 4.24. The molecule has 0 radical (unpaired) electrons. The number of nitrogens with one attached hydrogen (secondary N) is 1. The normalized spacial score (nSPS) is 10.3. The van der Waals surface area contributed by atoms with E-state index in [9.17, 15) is 0 Å². The smallest absolute Gasteiger partial charge is 0.161 e. The van der Waals surface area contributed by atoms with Crippen molar-refractivity contribution in [2.75, 3.05) is 11.9 Å². The van der Waals surface area contributed by atoms with Crippen LogP contribution in [0.5, 0.6) is 0 Å². The topological polar surface area (TPSA) is 37.8 Å². The summed E-state index contributed by atoms with van der Waals surface area (Å²) in [5.41, 5.74) is 0.846. The summed E-state index contributed by atoms with van der Waals surface area (Å²) in [6, 6.07) is 7.17. The number of aromatic nitrogens is 2. The van der Waals surface area contributed by atoms with E-state index in [4.69, 9.17) is 23.2 Å². The Labute approximate surface area is 110 Å². The van der Waals surface area contributed by atoms with Gasteiger partial charge >= 0.3 is 0 Å². The third kappa shape index (κ3) is 2.87. The maximum atomic E-state index is 5.96. The summed E-state index contributed by atoms with van der Waals surface area (Å²) < 4.78 is 0. The molecule has 1 heterocycles. The quantitative estimate of drug-likeness (QED) is 0.917. The lowest BCUT2D eigenvalue weighted by molar-refractivity contribution is 1.12. The van der Waals surface area contributed by atoms with E-state index in [0.717, 1.165) is 17.9 Å². The highest BCUT2D eigenvalue weighted by molar-refractivity contribution is 6.42. The molecule has 3 nitrogen and oxygen atoms in total. The molecule has 2 rings (SSSR count). The van der Waals surface area contributed by atoms with Gasteiger partial charge in [0.15, 0.2) is 5.82 Å². The van der Waals surface area contributed by atoms with Crippen LogP contribution in [0.1, 0.15) is 6.92 Å². The number of benzene rings is 1. The SMILES string of the molecule is CCNc1ccnc(-c2ccc(Cl)c(Cl)c2)n1. The predicted molar refractivity (Wildman–Crippen MR) is 71.7 cm³/mol. The maximum absolute atomic E-state index is 5.96.